The fourth-order valence-electron chi connectivity index (χ4n) is 4.77. The predicted molar refractivity (Wildman–Crippen MR) is 120 cm³/mol. The zero-order chi connectivity index (χ0) is 20.7. The summed E-state index contributed by atoms with van der Waals surface area (Å²) in [6.07, 6.45) is 6.27. The first-order valence-electron chi connectivity index (χ1n) is 11.3. The van der Waals surface area contributed by atoms with Gasteiger partial charge in [0.15, 0.2) is 0 Å². The summed E-state index contributed by atoms with van der Waals surface area (Å²) < 4.78 is 1.96. The monoisotopic (exact) mass is 404 g/mol. The van der Waals surface area contributed by atoms with Crippen molar-refractivity contribution in [3.8, 4) is 0 Å². The first-order chi connectivity index (χ1) is 14.5. The van der Waals surface area contributed by atoms with Gasteiger partial charge < -0.3 is 4.90 Å². The van der Waals surface area contributed by atoms with E-state index in [9.17, 15) is 0 Å². The Morgan fingerprint density at radius 1 is 0.933 bits per heavy atom. The van der Waals surface area contributed by atoms with Gasteiger partial charge in [-0.1, -0.05) is 45.0 Å². The number of hydrogen-bond acceptors (Lipinski definition) is 5. The Balaban J connectivity index is 1.30. The predicted octanol–water partition coefficient (Wildman–Crippen LogP) is 3.62. The normalized spacial score (nSPS) is 18.0. The molecule has 1 fully saturated rings. The molecule has 0 saturated carbocycles. The summed E-state index contributed by atoms with van der Waals surface area (Å²) in [5, 5.41) is 4.50. The summed E-state index contributed by atoms with van der Waals surface area (Å²) in [5.41, 5.74) is 5.64. The summed E-state index contributed by atoms with van der Waals surface area (Å²) in [6, 6.07) is 9.17. The van der Waals surface area contributed by atoms with Gasteiger partial charge in [0.25, 0.3) is 5.78 Å². The Morgan fingerprint density at radius 3 is 2.40 bits per heavy atom. The number of aryl methyl sites for hydroxylation is 1. The third kappa shape index (κ3) is 3.69. The minimum atomic E-state index is 0.209. The van der Waals surface area contributed by atoms with Gasteiger partial charge in [-0.15, -0.1) is 0 Å². The van der Waals surface area contributed by atoms with Crippen molar-refractivity contribution in [1.82, 2.24) is 24.5 Å². The Kier molecular flexibility index (Phi) is 4.97. The van der Waals surface area contributed by atoms with Crippen molar-refractivity contribution in [3.05, 3.63) is 53.0 Å². The highest BCUT2D eigenvalue weighted by molar-refractivity contribution is 5.56. The van der Waals surface area contributed by atoms with E-state index in [4.69, 9.17) is 4.98 Å². The quantitative estimate of drug-likeness (QED) is 0.667. The van der Waals surface area contributed by atoms with Crippen LogP contribution in [0.3, 0.4) is 0 Å². The maximum Gasteiger partial charge on any atom is 0.254 e. The molecule has 0 radical (unpaired) electrons. The van der Waals surface area contributed by atoms with Gasteiger partial charge in [0.1, 0.15) is 12.1 Å². The maximum absolute atomic E-state index is 4.78. The number of fused-ring (bicyclic) bond motifs is 2. The van der Waals surface area contributed by atoms with Crippen molar-refractivity contribution < 1.29 is 0 Å². The molecule has 0 atom stereocenters. The SMILES string of the molecule is CC(C)(C)c1ccc(CN2CCN(c3c4c(nc5ncnn35)CCCC4)CC2)cc1. The van der Waals surface area contributed by atoms with Gasteiger partial charge in [-0.25, -0.2) is 4.98 Å². The molecule has 0 spiro atoms. The van der Waals surface area contributed by atoms with Gasteiger partial charge in [-0.3, -0.25) is 4.90 Å². The van der Waals surface area contributed by atoms with E-state index < -0.39 is 0 Å². The average molecular weight is 405 g/mol. The molecular formula is C24H32N6. The largest absolute Gasteiger partial charge is 0.354 e. The smallest absolute Gasteiger partial charge is 0.254 e. The van der Waals surface area contributed by atoms with E-state index in [0.29, 0.717) is 0 Å². The number of hydrogen-bond donors (Lipinski definition) is 0. The Morgan fingerprint density at radius 2 is 1.67 bits per heavy atom. The van der Waals surface area contributed by atoms with Crippen molar-refractivity contribution in [2.45, 2.75) is 58.4 Å². The van der Waals surface area contributed by atoms with Crippen LogP contribution in [0.2, 0.25) is 0 Å². The van der Waals surface area contributed by atoms with Crippen LogP contribution in [0.4, 0.5) is 5.82 Å². The van der Waals surface area contributed by atoms with E-state index in [-0.39, 0.29) is 5.41 Å². The third-order valence-corrected chi connectivity index (χ3v) is 6.57. The van der Waals surface area contributed by atoms with Crippen LogP contribution in [0, 0.1) is 0 Å². The topological polar surface area (TPSA) is 49.6 Å². The molecule has 3 aromatic rings. The molecule has 3 heterocycles. The number of rotatable bonds is 3. The fourth-order valence-corrected chi connectivity index (χ4v) is 4.77. The molecule has 6 nitrogen and oxygen atoms in total. The van der Waals surface area contributed by atoms with Crippen molar-refractivity contribution in [1.29, 1.82) is 0 Å². The molecule has 158 valence electrons. The second-order valence-electron chi connectivity index (χ2n) is 9.75. The first-order valence-corrected chi connectivity index (χ1v) is 11.3. The number of aromatic nitrogens is 4. The molecule has 2 aliphatic rings. The number of anilines is 1. The Labute approximate surface area is 178 Å². The van der Waals surface area contributed by atoms with E-state index in [2.05, 4.69) is 64.9 Å². The molecular weight excluding hydrogens is 372 g/mol. The minimum Gasteiger partial charge on any atom is -0.354 e. The van der Waals surface area contributed by atoms with Crippen molar-refractivity contribution in [2.75, 3.05) is 31.1 Å². The van der Waals surface area contributed by atoms with Crippen molar-refractivity contribution in [2.24, 2.45) is 0 Å². The van der Waals surface area contributed by atoms with Crippen molar-refractivity contribution >= 4 is 11.6 Å². The molecule has 5 rings (SSSR count). The highest BCUT2D eigenvalue weighted by Crippen LogP contribution is 2.30. The van der Waals surface area contributed by atoms with Crippen LogP contribution in [0.15, 0.2) is 30.6 Å². The van der Waals surface area contributed by atoms with Crippen molar-refractivity contribution in [3.63, 3.8) is 0 Å². The molecule has 0 amide bonds. The van der Waals surface area contributed by atoms with Crippen LogP contribution in [0.5, 0.6) is 0 Å². The van der Waals surface area contributed by atoms with Crippen LogP contribution in [0.25, 0.3) is 5.78 Å². The lowest BCUT2D eigenvalue weighted by Gasteiger charge is -2.37. The standard InChI is InChI=1S/C24H32N6/c1-24(2,3)19-10-8-18(9-11-19)16-28-12-14-29(15-13-28)22-20-6-4-5-7-21(20)27-23-25-17-26-30(22)23/h8-11,17H,4-7,12-16H2,1-3H3. The lowest BCUT2D eigenvalue weighted by molar-refractivity contribution is 0.248. The van der Waals surface area contributed by atoms with Gasteiger partial charge in [-0.2, -0.15) is 14.6 Å². The summed E-state index contributed by atoms with van der Waals surface area (Å²) >= 11 is 0. The Hall–Kier alpha value is -2.47. The fraction of sp³-hybridized carbons (Fsp3) is 0.542. The van der Waals surface area contributed by atoms with Crippen LogP contribution >= 0.6 is 0 Å². The first kappa shape index (κ1) is 19.5. The minimum absolute atomic E-state index is 0.209. The highest BCUT2D eigenvalue weighted by atomic mass is 15.4. The summed E-state index contributed by atoms with van der Waals surface area (Å²) in [6.45, 7) is 12.0. The van der Waals surface area contributed by atoms with Crippen LogP contribution in [0.1, 0.15) is 56.0 Å². The second-order valence-corrected chi connectivity index (χ2v) is 9.75. The third-order valence-electron chi connectivity index (χ3n) is 6.57. The van der Waals surface area contributed by atoms with Gasteiger partial charge in [0.05, 0.1) is 5.69 Å². The van der Waals surface area contributed by atoms with Gasteiger partial charge >= 0.3 is 0 Å². The highest BCUT2D eigenvalue weighted by Gasteiger charge is 2.26. The molecule has 1 aromatic carbocycles. The lowest BCUT2D eigenvalue weighted by Crippen LogP contribution is -2.47. The summed E-state index contributed by atoms with van der Waals surface area (Å²) in [5.74, 6) is 1.98. The number of piperazine rings is 1. The van der Waals surface area contributed by atoms with Crippen LogP contribution in [-0.4, -0.2) is 50.7 Å². The van der Waals surface area contributed by atoms with E-state index in [0.717, 1.165) is 51.3 Å². The Bertz CT molecular complexity index is 1020. The van der Waals surface area contributed by atoms with E-state index in [1.54, 1.807) is 6.33 Å². The van der Waals surface area contributed by atoms with Gasteiger partial charge in [0, 0.05) is 38.3 Å². The molecule has 2 aromatic heterocycles. The summed E-state index contributed by atoms with van der Waals surface area (Å²) in [4.78, 5) is 14.2. The van der Waals surface area contributed by atoms with E-state index >= 15 is 0 Å². The van der Waals surface area contributed by atoms with Gasteiger partial charge in [0.2, 0.25) is 0 Å². The maximum atomic E-state index is 4.78. The lowest BCUT2D eigenvalue weighted by atomic mass is 9.87. The van der Waals surface area contributed by atoms with Crippen LogP contribution < -0.4 is 4.90 Å². The molecule has 6 heteroatoms. The molecule has 0 N–H and O–H groups in total. The molecule has 0 unspecified atom stereocenters. The van der Waals surface area contributed by atoms with Gasteiger partial charge in [-0.05, 0) is 42.2 Å². The second kappa shape index (κ2) is 7.65. The number of nitrogens with zero attached hydrogens (tertiary/aromatic N) is 6. The molecule has 0 bridgehead atoms. The van der Waals surface area contributed by atoms with E-state index in [1.165, 1.54) is 41.0 Å². The molecule has 1 saturated heterocycles. The molecule has 1 aliphatic heterocycles. The number of benzene rings is 1. The van der Waals surface area contributed by atoms with Crippen LogP contribution in [-0.2, 0) is 24.8 Å². The zero-order valence-corrected chi connectivity index (χ0v) is 18.4. The molecule has 1 aliphatic carbocycles. The average Bonchev–Trinajstić information content (AvgIpc) is 3.20. The molecule has 30 heavy (non-hydrogen) atoms. The zero-order valence-electron chi connectivity index (χ0n) is 18.4. The summed E-state index contributed by atoms with van der Waals surface area (Å²) in [7, 11) is 0. The van der Waals surface area contributed by atoms with E-state index in [1.807, 2.05) is 4.52 Å².